The molecular weight excluding hydrogens is 344 g/mol. The molecule has 3 nitrogen and oxygen atoms in total. The number of piperazine rings is 1. The molecule has 2 unspecified atom stereocenters. The Morgan fingerprint density at radius 2 is 1.86 bits per heavy atom. The van der Waals surface area contributed by atoms with Gasteiger partial charge in [0.25, 0.3) is 0 Å². The van der Waals surface area contributed by atoms with E-state index in [4.69, 9.17) is 0 Å². The van der Waals surface area contributed by atoms with Gasteiger partial charge in [-0.3, -0.25) is 9.69 Å². The van der Waals surface area contributed by atoms with Gasteiger partial charge < -0.3 is 5.32 Å². The van der Waals surface area contributed by atoms with Crippen molar-refractivity contribution in [2.45, 2.75) is 63.7 Å². The molecule has 4 bridgehead atoms. The molecule has 1 N–H and O–H groups in total. The maximum absolute atomic E-state index is 13.8. The molecular formula is C25H36N2O. The molecule has 5 fully saturated rings. The van der Waals surface area contributed by atoms with E-state index < -0.39 is 0 Å². The zero-order valence-electron chi connectivity index (χ0n) is 17.5. The number of rotatable bonds is 6. The first kappa shape index (κ1) is 18.8. The largest absolute Gasteiger partial charge is 0.314 e. The summed E-state index contributed by atoms with van der Waals surface area (Å²) in [6.07, 6.45) is 10.00. The van der Waals surface area contributed by atoms with Crippen molar-refractivity contribution < 1.29 is 4.79 Å². The second-order valence-corrected chi connectivity index (χ2v) is 10.6. The molecule has 6 rings (SSSR count). The molecule has 1 heterocycles. The van der Waals surface area contributed by atoms with Gasteiger partial charge in [0.1, 0.15) is 0 Å². The van der Waals surface area contributed by atoms with Gasteiger partial charge in [-0.1, -0.05) is 43.7 Å². The molecule has 1 aliphatic heterocycles. The summed E-state index contributed by atoms with van der Waals surface area (Å²) in [5.41, 5.74) is 2.10. The van der Waals surface area contributed by atoms with Crippen LogP contribution in [0.1, 0.15) is 63.9 Å². The van der Waals surface area contributed by atoms with E-state index in [2.05, 4.69) is 47.5 Å². The summed E-state index contributed by atoms with van der Waals surface area (Å²) < 4.78 is 0. The van der Waals surface area contributed by atoms with Gasteiger partial charge in [-0.2, -0.15) is 0 Å². The Labute approximate surface area is 170 Å². The zero-order valence-corrected chi connectivity index (χ0v) is 17.5. The monoisotopic (exact) mass is 380 g/mol. The summed E-state index contributed by atoms with van der Waals surface area (Å²) in [6.45, 7) is 7.11. The molecule has 0 radical (unpaired) electrons. The second-order valence-electron chi connectivity index (χ2n) is 10.6. The highest BCUT2D eigenvalue weighted by molar-refractivity contribution is 5.87. The number of hydrogen-bond donors (Lipinski definition) is 1. The summed E-state index contributed by atoms with van der Waals surface area (Å²) >= 11 is 0. The standard InChI is InChI=1S/C25H36N2O/c1-2-8-23-13-20-14-24(17-23,21-6-4-3-5-7-21)19-25(15-20,18-23)22(28)16-27-11-9-26-10-12-27/h3-7,20,26H,2,8-19H2,1H3/t20?,23-,24-,25?/m1/s1. The van der Waals surface area contributed by atoms with Gasteiger partial charge in [-0.15, -0.1) is 0 Å². The Balaban J connectivity index is 1.49. The number of Topliss-reactive ketones (excluding diaryl/α,β-unsaturated/α-hetero) is 1. The molecule has 0 spiro atoms. The van der Waals surface area contributed by atoms with Crippen LogP contribution in [-0.2, 0) is 10.2 Å². The fourth-order valence-electron chi connectivity index (χ4n) is 8.11. The summed E-state index contributed by atoms with van der Waals surface area (Å²) in [6, 6.07) is 11.2. The van der Waals surface area contributed by atoms with Crippen molar-refractivity contribution in [2.24, 2.45) is 16.7 Å². The van der Waals surface area contributed by atoms with Crippen LogP contribution in [0.3, 0.4) is 0 Å². The Morgan fingerprint density at radius 3 is 2.61 bits per heavy atom. The molecule has 28 heavy (non-hydrogen) atoms. The quantitative estimate of drug-likeness (QED) is 0.804. The van der Waals surface area contributed by atoms with Crippen LogP contribution in [0.2, 0.25) is 0 Å². The molecule has 1 saturated heterocycles. The molecule has 152 valence electrons. The van der Waals surface area contributed by atoms with E-state index in [1.165, 1.54) is 44.1 Å². The first-order valence-corrected chi connectivity index (χ1v) is 11.6. The van der Waals surface area contributed by atoms with Gasteiger partial charge in [-0.25, -0.2) is 0 Å². The van der Waals surface area contributed by atoms with Gasteiger partial charge in [0.15, 0.2) is 5.78 Å². The Hall–Kier alpha value is -1.19. The topological polar surface area (TPSA) is 32.3 Å². The third-order valence-corrected chi connectivity index (χ3v) is 8.52. The number of hydrogen-bond acceptors (Lipinski definition) is 3. The number of nitrogens with one attached hydrogen (secondary N) is 1. The van der Waals surface area contributed by atoms with Crippen molar-refractivity contribution >= 4 is 5.78 Å². The lowest BCUT2D eigenvalue weighted by Crippen LogP contribution is -2.62. The predicted octanol–water partition coefficient (Wildman–Crippen LogP) is 4.17. The average Bonchev–Trinajstić information content (AvgIpc) is 2.68. The lowest BCUT2D eigenvalue weighted by atomic mass is 9.37. The van der Waals surface area contributed by atoms with Crippen LogP contribution in [0.4, 0.5) is 0 Å². The summed E-state index contributed by atoms with van der Waals surface area (Å²) in [4.78, 5) is 16.2. The minimum Gasteiger partial charge on any atom is -0.314 e. The molecule has 4 atom stereocenters. The summed E-state index contributed by atoms with van der Waals surface area (Å²) in [5, 5.41) is 3.42. The SMILES string of the molecule is CCC[C@]12CC3CC(C(=O)CN4CCNCC4)(C1)C[C@@](c1ccccc1)(C3)C2. The summed E-state index contributed by atoms with van der Waals surface area (Å²) in [7, 11) is 0. The van der Waals surface area contributed by atoms with Gasteiger partial charge in [0.05, 0.1) is 6.54 Å². The maximum atomic E-state index is 13.8. The van der Waals surface area contributed by atoms with Crippen LogP contribution >= 0.6 is 0 Å². The zero-order chi connectivity index (χ0) is 19.2. The number of benzene rings is 1. The van der Waals surface area contributed by atoms with E-state index in [0.717, 1.165) is 44.9 Å². The molecule has 5 aliphatic rings. The summed E-state index contributed by atoms with van der Waals surface area (Å²) in [5.74, 6) is 1.31. The molecule has 3 heteroatoms. The minimum atomic E-state index is -0.0602. The second kappa shape index (κ2) is 6.95. The van der Waals surface area contributed by atoms with Crippen LogP contribution in [0.5, 0.6) is 0 Å². The van der Waals surface area contributed by atoms with E-state index in [9.17, 15) is 4.79 Å². The Kier molecular flexibility index (Phi) is 4.67. The van der Waals surface area contributed by atoms with Crippen LogP contribution in [-0.4, -0.2) is 43.4 Å². The normalized spacial score (nSPS) is 40.0. The molecule has 4 aliphatic carbocycles. The first-order chi connectivity index (χ1) is 13.6. The number of carbonyl (C=O) groups is 1. The number of carbonyl (C=O) groups excluding carboxylic acids is 1. The number of nitrogens with zero attached hydrogens (tertiary/aromatic N) is 1. The van der Waals surface area contributed by atoms with Gasteiger partial charge >= 0.3 is 0 Å². The van der Waals surface area contributed by atoms with Crippen molar-refractivity contribution in [3.05, 3.63) is 35.9 Å². The van der Waals surface area contributed by atoms with E-state index in [-0.39, 0.29) is 10.8 Å². The van der Waals surface area contributed by atoms with Crippen molar-refractivity contribution in [2.75, 3.05) is 32.7 Å². The van der Waals surface area contributed by atoms with Crippen molar-refractivity contribution in [3.63, 3.8) is 0 Å². The van der Waals surface area contributed by atoms with Crippen LogP contribution in [0.15, 0.2) is 30.3 Å². The Morgan fingerprint density at radius 1 is 1.07 bits per heavy atom. The first-order valence-electron chi connectivity index (χ1n) is 11.6. The predicted molar refractivity (Wildman–Crippen MR) is 113 cm³/mol. The van der Waals surface area contributed by atoms with E-state index >= 15 is 0 Å². The van der Waals surface area contributed by atoms with Gasteiger partial charge in [0, 0.05) is 31.6 Å². The fraction of sp³-hybridized carbons (Fsp3) is 0.720. The molecule has 0 amide bonds. The average molecular weight is 381 g/mol. The third-order valence-electron chi connectivity index (χ3n) is 8.52. The van der Waals surface area contributed by atoms with Crippen LogP contribution in [0.25, 0.3) is 0 Å². The lowest BCUT2D eigenvalue weighted by Gasteiger charge is -2.67. The van der Waals surface area contributed by atoms with E-state index in [1.54, 1.807) is 0 Å². The van der Waals surface area contributed by atoms with Crippen LogP contribution < -0.4 is 5.32 Å². The van der Waals surface area contributed by atoms with Gasteiger partial charge in [-0.05, 0) is 67.3 Å². The molecule has 4 saturated carbocycles. The highest BCUT2D eigenvalue weighted by atomic mass is 16.1. The van der Waals surface area contributed by atoms with E-state index in [0.29, 0.717) is 17.7 Å². The molecule has 1 aromatic carbocycles. The number of ketones is 1. The highest BCUT2D eigenvalue weighted by Crippen LogP contribution is 2.71. The minimum absolute atomic E-state index is 0.0602. The van der Waals surface area contributed by atoms with E-state index in [1.807, 2.05) is 0 Å². The fourth-order valence-corrected chi connectivity index (χ4v) is 8.11. The highest BCUT2D eigenvalue weighted by Gasteiger charge is 2.65. The molecule has 0 aromatic heterocycles. The van der Waals surface area contributed by atoms with Crippen molar-refractivity contribution in [3.8, 4) is 0 Å². The van der Waals surface area contributed by atoms with Crippen molar-refractivity contribution in [1.29, 1.82) is 0 Å². The van der Waals surface area contributed by atoms with Gasteiger partial charge in [0.2, 0.25) is 0 Å². The van der Waals surface area contributed by atoms with Crippen LogP contribution in [0, 0.1) is 16.7 Å². The Bertz CT molecular complexity index is 727. The third kappa shape index (κ3) is 3.06. The smallest absolute Gasteiger partial charge is 0.153 e. The maximum Gasteiger partial charge on any atom is 0.153 e. The lowest BCUT2D eigenvalue weighted by molar-refractivity contribution is -0.162. The molecule has 1 aromatic rings. The van der Waals surface area contributed by atoms with Crippen molar-refractivity contribution in [1.82, 2.24) is 10.2 Å².